The van der Waals surface area contributed by atoms with Crippen LogP contribution in [0.1, 0.15) is 40.7 Å². The quantitative estimate of drug-likeness (QED) is 0.197. The Hall–Kier alpha value is -4.99. The average molecular weight is 705 g/mol. The van der Waals surface area contributed by atoms with Crippen molar-refractivity contribution >= 4 is 45.1 Å². The number of sulfonamides is 1. The molecule has 50 heavy (non-hydrogen) atoms. The molecule has 0 bridgehead atoms. The number of amides is 3. The van der Waals surface area contributed by atoms with Crippen LogP contribution in [0.5, 0.6) is 0 Å². The highest BCUT2D eigenvalue weighted by Gasteiger charge is 2.34. The number of aromatic nitrogens is 2. The molecular formula is C35H38F2N8O4S. The fraction of sp³-hybridized carbons (Fsp3) is 0.314. The summed E-state index contributed by atoms with van der Waals surface area (Å²) in [6.45, 7) is 3.85. The summed E-state index contributed by atoms with van der Waals surface area (Å²) in [5.41, 5.74) is 2.16. The molecular weight excluding hydrogens is 667 g/mol. The van der Waals surface area contributed by atoms with Crippen molar-refractivity contribution in [1.82, 2.24) is 24.5 Å². The number of likely N-dealkylation sites (N-methyl/N-ethyl adjacent to an activating group) is 1. The van der Waals surface area contributed by atoms with Gasteiger partial charge in [-0.3, -0.25) is 4.79 Å². The molecule has 3 amide bonds. The number of piperidine rings is 1. The van der Waals surface area contributed by atoms with Gasteiger partial charge in [0.25, 0.3) is 5.91 Å². The Labute approximate surface area is 289 Å². The van der Waals surface area contributed by atoms with Gasteiger partial charge in [-0.1, -0.05) is 18.6 Å². The van der Waals surface area contributed by atoms with E-state index in [4.69, 9.17) is 4.98 Å². The van der Waals surface area contributed by atoms with Gasteiger partial charge in [0.1, 0.15) is 17.3 Å². The van der Waals surface area contributed by atoms with Crippen molar-refractivity contribution in [3.63, 3.8) is 0 Å². The highest BCUT2D eigenvalue weighted by atomic mass is 32.2. The largest absolute Gasteiger partial charge is 0.353 e. The summed E-state index contributed by atoms with van der Waals surface area (Å²) in [6, 6.07) is 13.7. The van der Waals surface area contributed by atoms with Crippen LogP contribution >= 0.6 is 0 Å². The number of hydrogen-bond acceptors (Lipinski definition) is 8. The number of nitrogens with one attached hydrogen (secondary N) is 3. The Kier molecular flexibility index (Phi) is 10.1. The van der Waals surface area contributed by atoms with Gasteiger partial charge in [0.2, 0.25) is 16.0 Å². The van der Waals surface area contributed by atoms with Gasteiger partial charge in [0.15, 0.2) is 5.82 Å². The van der Waals surface area contributed by atoms with E-state index in [-0.39, 0.29) is 28.8 Å². The zero-order chi connectivity index (χ0) is 35.6. The summed E-state index contributed by atoms with van der Waals surface area (Å²) < 4.78 is 57.8. The number of nitrogens with zero attached hydrogens (tertiary/aromatic N) is 5. The number of carbonyl (C=O) groups is 2. The molecule has 0 aliphatic carbocycles. The maximum absolute atomic E-state index is 15.1. The molecule has 0 atom stereocenters. The zero-order valence-electron chi connectivity index (χ0n) is 28.0. The molecule has 3 heterocycles. The fourth-order valence-electron chi connectivity index (χ4n) is 5.95. The zero-order valence-corrected chi connectivity index (χ0v) is 28.8. The molecule has 15 heteroatoms. The first-order valence-electron chi connectivity index (χ1n) is 16.3. The second kappa shape index (κ2) is 14.5. The Bertz CT molecular complexity index is 2020. The van der Waals surface area contributed by atoms with Crippen LogP contribution < -0.4 is 20.9 Å². The standard InChI is InChI=1S/C35H38F2N8O4S/c1-22-10-11-23(33(46)40-24-12-14-25(15-13-24)50(48,49)44-17-5-4-6-18-44)20-26(22)30-27-21-39-35(47)45(31-28(36)8-7-9-29(31)37)32(27)42-34(41-30)38-16-19-43(2)3/h7-15,20H,4-6,16-19,21H2,1-3H3,(H,39,47)(H,40,46)(H,38,41,42). The lowest BCUT2D eigenvalue weighted by Crippen LogP contribution is -2.43. The minimum Gasteiger partial charge on any atom is -0.353 e. The molecule has 2 aliphatic heterocycles. The van der Waals surface area contributed by atoms with Gasteiger partial charge in [-0.2, -0.15) is 9.29 Å². The molecule has 0 saturated carbocycles. The topological polar surface area (TPSA) is 140 Å². The number of anilines is 4. The number of fused-ring (bicyclic) bond motifs is 1. The molecule has 3 N–H and O–H groups in total. The smallest absolute Gasteiger partial charge is 0.328 e. The lowest BCUT2D eigenvalue weighted by molar-refractivity contribution is 0.102. The van der Waals surface area contributed by atoms with Crippen molar-refractivity contribution in [1.29, 1.82) is 0 Å². The average Bonchev–Trinajstić information content (AvgIpc) is 3.09. The third kappa shape index (κ3) is 7.15. The van der Waals surface area contributed by atoms with Crippen LogP contribution in [0.2, 0.25) is 0 Å². The van der Waals surface area contributed by atoms with Crippen molar-refractivity contribution in [3.8, 4) is 11.3 Å². The van der Waals surface area contributed by atoms with E-state index in [0.29, 0.717) is 48.7 Å². The number of rotatable bonds is 10. The van der Waals surface area contributed by atoms with Crippen LogP contribution in [0.3, 0.4) is 0 Å². The van der Waals surface area contributed by atoms with Gasteiger partial charge in [0, 0.05) is 48.6 Å². The first-order chi connectivity index (χ1) is 23.9. The van der Waals surface area contributed by atoms with Crippen molar-refractivity contribution < 1.29 is 26.8 Å². The van der Waals surface area contributed by atoms with Crippen molar-refractivity contribution in [3.05, 3.63) is 89.0 Å². The highest BCUT2D eigenvalue weighted by molar-refractivity contribution is 7.89. The minimum absolute atomic E-state index is 0.00366. The number of hydrogen-bond donors (Lipinski definition) is 3. The van der Waals surface area contributed by atoms with Gasteiger partial charge in [0.05, 0.1) is 17.1 Å². The monoisotopic (exact) mass is 704 g/mol. The second-order valence-corrected chi connectivity index (χ2v) is 14.4. The van der Waals surface area contributed by atoms with Gasteiger partial charge >= 0.3 is 6.03 Å². The van der Waals surface area contributed by atoms with E-state index in [0.717, 1.165) is 41.9 Å². The van der Waals surface area contributed by atoms with Crippen LogP contribution in [-0.2, 0) is 16.6 Å². The normalized spacial score (nSPS) is 15.1. The number of benzene rings is 3. The predicted molar refractivity (Wildman–Crippen MR) is 187 cm³/mol. The number of urea groups is 1. The summed E-state index contributed by atoms with van der Waals surface area (Å²) in [5, 5.41) is 8.65. The molecule has 1 fully saturated rings. The van der Waals surface area contributed by atoms with E-state index < -0.39 is 39.3 Å². The van der Waals surface area contributed by atoms with E-state index in [1.807, 2.05) is 25.9 Å². The van der Waals surface area contributed by atoms with Crippen molar-refractivity contribution in [2.45, 2.75) is 37.6 Å². The summed E-state index contributed by atoms with van der Waals surface area (Å²) in [5.74, 6) is -2.20. The molecule has 1 aromatic heterocycles. The molecule has 262 valence electrons. The van der Waals surface area contributed by atoms with Gasteiger partial charge in [-0.15, -0.1) is 0 Å². The molecule has 0 spiro atoms. The van der Waals surface area contributed by atoms with Crippen molar-refractivity contribution in [2.24, 2.45) is 0 Å². The maximum Gasteiger partial charge on any atom is 0.328 e. The van der Waals surface area contributed by atoms with Gasteiger partial charge in [-0.05, 0) is 88.0 Å². The number of halogens is 2. The summed E-state index contributed by atoms with van der Waals surface area (Å²) in [6.07, 6.45) is 2.67. The first kappa shape index (κ1) is 34.9. The van der Waals surface area contributed by atoms with Crippen LogP contribution in [0.4, 0.5) is 36.7 Å². The second-order valence-electron chi connectivity index (χ2n) is 12.5. The molecule has 6 rings (SSSR count). The molecule has 0 unspecified atom stereocenters. The van der Waals surface area contributed by atoms with E-state index in [2.05, 4.69) is 20.9 Å². The Morgan fingerprint density at radius 2 is 1.68 bits per heavy atom. The van der Waals surface area contributed by atoms with E-state index in [1.165, 1.54) is 22.5 Å². The van der Waals surface area contributed by atoms with E-state index >= 15 is 8.78 Å². The summed E-state index contributed by atoms with van der Waals surface area (Å²) in [4.78, 5) is 39.0. The molecule has 0 radical (unpaired) electrons. The number of aryl methyl sites for hydroxylation is 1. The minimum atomic E-state index is -3.62. The highest BCUT2D eigenvalue weighted by Crippen LogP contribution is 2.39. The molecule has 4 aromatic rings. The van der Waals surface area contributed by atoms with Crippen molar-refractivity contribution in [2.75, 3.05) is 55.8 Å². The Balaban J connectivity index is 1.35. The Morgan fingerprint density at radius 3 is 2.36 bits per heavy atom. The lowest BCUT2D eigenvalue weighted by atomic mass is 9.97. The van der Waals surface area contributed by atoms with Crippen LogP contribution in [0.25, 0.3) is 11.3 Å². The van der Waals surface area contributed by atoms with Crippen LogP contribution in [0.15, 0.2) is 65.6 Å². The third-order valence-electron chi connectivity index (χ3n) is 8.64. The molecule has 3 aromatic carbocycles. The SMILES string of the molecule is Cc1ccc(C(=O)Nc2ccc(S(=O)(=O)N3CCCCC3)cc2)cc1-c1nc(NCCN(C)C)nc2c1CNC(=O)N2c1c(F)cccc1F. The number of carbonyl (C=O) groups excluding carboxylic acids is 2. The van der Waals surface area contributed by atoms with E-state index in [9.17, 15) is 18.0 Å². The summed E-state index contributed by atoms with van der Waals surface area (Å²) in [7, 11) is 0.183. The fourth-order valence-corrected chi connectivity index (χ4v) is 7.47. The molecule has 12 nitrogen and oxygen atoms in total. The van der Waals surface area contributed by atoms with Gasteiger partial charge in [-0.25, -0.2) is 31.9 Å². The van der Waals surface area contributed by atoms with E-state index in [1.54, 1.807) is 30.3 Å². The predicted octanol–water partition coefficient (Wildman–Crippen LogP) is 5.49. The maximum atomic E-state index is 15.1. The first-order valence-corrected chi connectivity index (χ1v) is 17.7. The van der Waals surface area contributed by atoms with Gasteiger partial charge < -0.3 is 20.9 Å². The van der Waals surface area contributed by atoms with Crippen LogP contribution in [-0.4, -0.2) is 79.8 Å². The Morgan fingerprint density at radius 1 is 0.980 bits per heavy atom. The lowest BCUT2D eigenvalue weighted by Gasteiger charge is -2.31. The number of para-hydroxylation sites is 1. The van der Waals surface area contributed by atoms with Crippen LogP contribution in [0, 0.1) is 18.6 Å². The molecule has 2 aliphatic rings. The third-order valence-corrected chi connectivity index (χ3v) is 10.6. The molecule has 1 saturated heterocycles. The summed E-state index contributed by atoms with van der Waals surface area (Å²) >= 11 is 0.